The minimum Gasteiger partial charge on any atom is -0.352 e. The summed E-state index contributed by atoms with van der Waals surface area (Å²) < 4.78 is 0. The number of hydrogen-bond acceptors (Lipinski definition) is 2. The molecule has 0 saturated heterocycles. The fourth-order valence-corrected chi connectivity index (χ4v) is 3.05. The Kier molecular flexibility index (Phi) is 5.31. The molecule has 0 aliphatic heterocycles. The van der Waals surface area contributed by atoms with Gasteiger partial charge in [-0.3, -0.25) is 10.1 Å². The Bertz CT molecular complexity index is 662. The molecule has 2 N–H and O–H groups in total. The van der Waals surface area contributed by atoms with Crippen LogP contribution in [0.2, 0.25) is 0 Å². The average molecular weight is 322 g/mol. The third-order valence-corrected chi connectivity index (χ3v) is 4.73. The second-order valence-corrected chi connectivity index (χ2v) is 6.83. The molecule has 2 aromatic carbocycles. The van der Waals surface area contributed by atoms with Crippen molar-refractivity contribution in [2.75, 3.05) is 6.54 Å². The molecule has 3 rings (SSSR count). The molecule has 1 aliphatic carbocycles. The van der Waals surface area contributed by atoms with Crippen molar-refractivity contribution in [2.45, 2.75) is 38.8 Å². The predicted molar refractivity (Wildman–Crippen MR) is 97.8 cm³/mol. The van der Waals surface area contributed by atoms with Gasteiger partial charge in [-0.05, 0) is 43.7 Å². The molecule has 126 valence electrons. The quantitative estimate of drug-likeness (QED) is 0.818. The van der Waals surface area contributed by atoms with E-state index in [4.69, 9.17) is 0 Å². The summed E-state index contributed by atoms with van der Waals surface area (Å²) >= 11 is 0. The van der Waals surface area contributed by atoms with Crippen LogP contribution in [0.1, 0.15) is 42.5 Å². The number of nitrogens with one attached hydrogen (secondary N) is 2. The van der Waals surface area contributed by atoms with E-state index in [0.717, 1.165) is 0 Å². The third kappa shape index (κ3) is 4.45. The normalized spacial score (nSPS) is 16.4. The van der Waals surface area contributed by atoms with Gasteiger partial charge in [0.1, 0.15) is 0 Å². The maximum Gasteiger partial charge on any atom is 0.234 e. The summed E-state index contributed by atoms with van der Waals surface area (Å²) in [4.78, 5) is 12.2. The van der Waals surface area contributed by atoms with Crippen LogP contribution in [0.15, 0.2) is 54.6 Å². The van der Waals surface area contributed by atoms with E-state index in [2.05, 4.69) is 60.9 Å². The fraction of sp³-hybridized carbons (Fsp3) is 0.381. The standard InChI is InChI=1S/C21H26N2O/c1-15-8-10-19(11-9-15)21(18-6-4-3-5-7-18)22-14-20(24)23-16(2)17-12-13-17/h3-11,16-17,21-22H,12-14H2,1-2H3,(H,23,24)/t16-,21+/m1/s1. The number of carbonyl (C=O) groups is 1. The molecule has 1 amide bonds. The first-order valence-electron chi connectivity index (χ1n) is 8.78. The molecule has 3 heteroatoms. The predicted octanol–water partition coefficient (Wildman–Crippen LogP) is 3.59. The fourth-order valence-electron chi connectivity index (χ4n) is 3.05. The monoisotopic (exact) mass is 322 g/mol. The van der Waals surface area contributed by atoms with E-state index in [0.29, 0.717) is 12.5 Å². The van der Waals surface area contributed by atoms with Crippen LogP contribution in [-0.4, -0.2) is 18.5 Å². The summed E-state index contributed by atoms with van der Waals surface area (Å²) in [6.45, 7) is 4.51. The molecule has 1 saturated carbocycles. The Morgan fingerprint density at radius 1 is 1.04 bits per heavy atom. The van der Waals surface area contributed by atoms with Gasteiger partial charge < -0.3 is 5.32 Å². The number of rotatable bonds is 7. The molecule has 0 unspecified atom stereocenters. The SMILES string of the molecule is Cc1ccc([C@@H](NCC(=O)N[C@H](C)C2CC2)c2ccccc2)cc1. The van der Waals surface area contributed by atoms with E-state index in [-0.39, 0.29) is 18.0 Å². The Balaban J connectivity index is 1.68. The highest BCUT2D eigenvalue weighted by Crippen LogP contribution is 2.32. The number of hydrogen-bond donors (Lipinski definition) is 2. The molecular formula is C21H26N2O. The lowest BCUT2D eigenvalue weighted by Gasteiger charge is -2.21. The second-order valence-electron chi connectivity index (χ2n) is 6.83. The van der Waals surface area contributed by atoms with Gasteiger partial charge in [0.2, 0.25) is 5.91 Å². The molecule has 1 aliphatic rings. The molecule has 1 fully saturated rings. The van der Waals surface area contributed by atoms with Crippen molar-refractivity contribution < 1.29 is 4.79 Å². The number of benzene rings is 2. The minimum atomic E-state index is 0.0220. The van der Waals surface area contributed by atoms with Crippen molar-refractivity contribution in [3.63, 3.8) is 0 Å². The summed E-state index contributed by atoms with van der Waals surface area (Å²) in [5.74, 6) is 0.749. The van der Waals surface area contributed by atoms with Gasteiger partial charge in [-0.15, -0.1) is 0 Å². The van der Waals surface area contributed by atoms with Crippen LogP contribution in [0, 0.1) is 12.8 Å². The van der Waals surface area contributed by atoms with Gasteiger partial charge in [0.05, 0.1) is 12.6 Å². The van der Waals surface area contributed by atoms with E-state index in [1.165, 1.54) is 29.5 Å². The van der Waals surface area contributed by atoms with Gasteiger partial charge in [0, 0.05) is 6.04 Å². The summed E-state index contributed by atoms with van der Waals surface area (Å²) in [5.41, 5.74) is 3.58. The van der Waals surface area contributed by atoms with E-state index in [9.17, 15) is 4.79 Å². The smallest absolute Gasteiger partial charge is 0.234 e. The summed E-state index contributed by atoms with van der Waals surface area (Å²) in [5, 5.41) is 6.53. The van der Waals surface area contributed by atoms with E-state index in [1.807, 2.05) is 18.2 Å². The van der Waals surface area contributed by atoms with E-state index in [1.54, 1.807) is 0 Å². The third-order valence-electron chi connectivity index (χ3n) is 4.73. The zero-order valence-corrected chi connectivity index (χ0v) is 14.5. The molecule has 2 atom stereocenters. The van der Waals surface area contributed by atoms with Gasteiger partial charge in [0.25, 0.3) is 0 Å². The van der Waals surface area contributed by atoms with Gasteiger partial charge >= 0.3 is 0 Å². The first-order chi connectivity index (χ1) is 11.6. The maximum atomic E-state index is 12.2. The highest BCUT2D eigenvalue weighted by Gasteiger charge is 2.28. The highest BCUT2D eigenvalue weighted by molar-refractivity contribution is 5.78. The zero-order valence-electron chi connectivity index (χ0n) is 14.5. The molecule has 0 bridgehead atoms. The van der Waals surface area contributed by atoms with E-state index < -0.39 is 0 Å². The van der Waals surface area contributed by atoms with Crippen LogP contribution >= 0.6 is 0 Å². The first kappa shape index (κ1) is 16.7. The van der Waals surface area contributed by atoms with Gasteiger partial charge in [-0.1, -0.05) is 60.2 Å². The van der Waals surface area contributed by atoms with Crippen LogP contribution < -0.4 is 10.6 Å². The number of carbonyl (C=O) groups excluding carboxylic acids is 1. The van der Waals surface area contributed by atoms with Crippen LogP contribution in [0.25, 0.3) is 0 Å². The molecule has 0 heterocycles. The topological polar surface area (TPSA) is 41.1 Å². The molecule has 0 radical (unpaired) electrons. The molecule has 2 aromatic rings. The average Bonchev–Trinajstić information content (AvgIpc) is 3.42. The lowest BCUT2D eigenvalue weighted by Crippen LogP contribution is -2.41. The molecular weight excluding hydrogens is 296 g/mol. The van der Waals surface area contributed by atoms with Crippen LogP contribution in [0.5, 0.6) is 0 Å². The minimum absolute atomic E-state index is 0.0220. The Morgan fingerprint density at radius 3 is 2.29 bits per heavy atom. The van der Waals surface area contributed by atoms with Gasteiger partial charge in [0.15, 0.2) is 0 Å². The summed E-state index contributed by atoms with van der Waals surface area (Å²) in [6, 6.07) is 19.1. The largest absolute Gasteiger partial charge is 0.352 e. The first-order valence-corrected chi connectivity index (χ1v) is 8.78. The van der Waals surface area contributed by atoms with Crippen molar-refractivity contribution >= 4 is 5.91 Å². The van der Waals surface area contributed by atoms with Crippen LogP contribution in [0.4, 0.5) is 0 Å². The number of amides is 1. The molecule has 0 aromatic heterocycles. The van der Waals surface area contributed by atoms with Crippen molar-refractivity contribution in [1.29, 1.82) is 0 Å². The van der Waals surface area contributed by atoms with Gasteiger partial charge in [-0.25, -0.2) is 0 Å². The highest BCUT2D eigenvalue weighted by atomic mass is 16.2. The van der Waals surface area contributed by atoms with Crippen molar-refractivity contribution in [3.8, 4) is 0 Å². The lowest BCUT2D eigenvalue weighted by atomic mass is 9.98. The molecule has 24 heavy (non-hydrogen) atoms. The Morgan fingerprint density at radius 2 is 1.67 bits per heavy atom. The van der Waals surface area contributed by atoms with Crippen LogP contribution in [0.3, 0.4) is 0 Å². The maximum absolute atomic E-state index is 12.2. The van der Waals surface area contributed by atoms with Crippen LogP contribution in [-0.2, 0) is 4.79 Å². The summed E-state index contributed by atoms with van der Waals surface area (Å²) in [6.07, 6.45) is 2.48. The zero-order chi connectivity index (χ0) is 16.9. The Labute approximate surface area is 144 Å². The van der Waals surface area contributed by atoms with Gasteiger partial charge in [-0.2, -0.15) is 0 Å². The van der Waals surface area contributed by atoms with Crippen molar-refractivity contribution in [3.05, 3.63) is 71.3 Å². The summed E-state index contributed by atoms with van der Waals surface area (Å²) in [7, 11) is 0. The van der Waals surface area contributed by atoms with Crippen molar-refractivity contribution in [2.24, 2.45) is 5.92 Å². The second kappa shape index (κ2) is 7.63. The lowest BCUT2D eigenvalue weighted by molar-refractivity contribution is -0.121. The molecule has 3 nitrogen and oxygen atoms in total. The Hall–Kier alpha value is -2.13. The van der Waals surface area contributed by atoms with Crippen molar-refractivity contribution in [1.82, 2.24) is 10.6 Å². The van der Waals surface area contributed by atoms with E-state index >= 15 is 0 Å². The molecule has 0 spiro atoms. The number of aryl methyl sites for hydroxylation is 1.